The fraction of sp³-hybridized carbons (Fsp3) is 0. The normalized spacial score (nSPS) is 0. The third-order valence-electron chi connectivity index (χ3n) is 0. The summed E-state index contributed by atoms with van der Waals surface area (Å²) < 4.78 is 0. The predicted molar refractivity (Wildman–Crippen MR) is 12.2 cm³/mol. The second-order valence-corrected chi connectivity index (χ2v) is 0. The topological polar surface area (TPSA) is 31.5 Å². The third kappa shape index (κ3) is 9.12. The van der Waals surface area contributed by atoms with Crippen LogP contribution in [0.3, 0.4) is 0 Å². The van der Waals surface area contributed by atoms with Crippen LogP contribution in [0.1, 0.15) is 0 Å². The number of rotatable bonds is 0. The van der Waals surface area contributed by atoms with Crippen LogP contribution in [0.2, 0.25) is 0 Å². The summed E-state index contributed by atoms with van der Waals surface area (Å²) in [4.78, 5) is 0. The Bertz CT molecular complexity index is 8.00. The van der Waals surface area contributed by atoms with E-state index in [4.69, 9.17) is 0 Å². The fourth-order valence-electron chi connectivity index (χ4n) is 0. The Hall–Kier alpha value is 1.87. The van der Waals surface area contributed by atoms with Gasteiger partial charge in [-0.1, -0.05) is 0 Å². The molecule has 1 nitrogen and oxygen atoms in total. The van der Waals surface area contributed by atoms with Crippen molar-refractivity contribution in [2.45, 2.75) is 0 Å². The first-order valence-corrected chi connectivity index (χ1v) is 0. The van der Waals surface area contributed by atoms with Gasteiger partial charge in [0.25, 0.3) is 0 Å². The summed E-state index contributed by atoms with van der Waals surface area (Å²) in [5.41, 5.74) is 0. The molecule has 0 aromatic carbocycles. The zero-order valence-corrected chi connectivity index (χ0v) is 5.73. The molecule has 0 aliphatic carbocycles. The number of hydrogen-bond acceptors (Lipinski definition) is 0. The Morgan fingerprint density at radius 1 is 1.00 bits per heavy atom. The first-order valence-electron chi connectivity index (χ1n) is 0. The van der Waals surface area contributed by atoms with Crippen molar-refractivity contribution < 1.29 is 42.0 Å². The molecular weight excluding hydrogens is 161 g/mol. The maximum Gasteiger partial charge on any atom is 0.316 e. The van der Waals surface area contributed by atoms with E-state index in [2.05, 4.69) is 0 Å². The summed E-state index contributed by atoms with van der Waals surface area (Å²) in [5, 5.41) is 0. The quantitative estimate of drug-likeness (QED) is 0.381. The molecule has 0 aromatic heterocycles. The van der Waals surface area contributed by atoms with Crippen LogP contribution in [0.4, 0.5) is 0 Å². The zero-order chi connectivity index (χ0) is 0. The molecule has 0 fully saturated rings. The van der Waals surface area contributed by atoms with E-state index in [1.54, 1.807) is 0 Å². The second-order valence-electron chi connectivity index (χ2n) is 0. The van der Waals surface area contributed by atoms with Gasteiger partial charge in [0.1, 0.15) is 0 Å². The molecule has 4 heavy (non-hydrogen) atoms. The molecule has 0 saturated carbocycles. The van der Waals surface area contributed by atoms with Gasteiger partial charge >= 0.3 is 23.1 Å². The van der Waals surface area contributed by atoms with Crippen LogP contribution < -0.4 is 0 Å². The molecular formula is H4MgMnOZn. The van der Waals surface area contributed by atoms with Crippen molar-refractivity contribution in [1.29, 1.82) is 0 Å². The minimum Gasteiger partial charge on any atom is -0.412 e. The molecule has 0 unspecified atom stereocenters. The van der Waals surface area contributed by atoms with E-state index >= 15 is 0 Å². The van der Waals surface area contributed by atoms with Gasteiger partial charge < -0.3 is 5.48 Å². The van der Waals surface area contributed by atoms with Crippen LogP contribution >= 0.6 is 0 Å². The maximum absolute atomic E-state index is 0. The Morgan fingerprint density at radius 3 is 1.00 bits per heavy atom. The predicted octanol–water partition coefficient (Wildman–Crippen LogP) is -1.75. The molecule has 21 valence electrons. The summed E-state index contributed by atoms with van der Waals surface area (Å²) in [6.45, 7) is 0. The molecule has 0 spiro atoms. The molecule has 0 heterocycles. The maximum atomic E-state index is 0. The van der Waals surface area contributed by atoms with Gasteiger partial charge in [-0.25, -0.2) is 0 Å². The number of hydrogen-bond donors (Lipinski definition) is 0. The monoisotopic (exact) mass is 163 g/mol. The molecule has 0 aliphatic heterocycles. The van der Waals surface area contributed by atoms with Gasteiger partial charge in [0.2, 0.25) is 0 Å². The van der Waals surface area contributed by atoms with Gasteiger partial charge in [-0.15, -0.1) is 0 Å². The van der Waals surface area contributed by atoms with Gasteiger partial charge in [-0.05, 0) is 0 Å². The average Bonchev–Trinajstić information content (AvgIpc) is 0. The molecule has 0 amide bonds. The Balaban J connectivity index is 0. The van der Waals surface area contributed by atoms with Crippen molar-refractivity contribution in [3.63, 3.8) is 0 Å². The largest absolute Gasteiger partial charge is 0.412 e. The van der Waals surface area contributed by atoms with Crippen molar-refractivity contribution in [2.75, 3.05) is 0 Å². The molecule has 0 rings (SSSR count). The van der Waals surface area contributed by atoms with Gasteiger partial charge in [-0.3, -0.25) is 0 Å². The van der Waals surface area contributed by atoms with Crippen molar-refractivity contribution in [1.82, 2.24) is 0 Å². The van der Waals surface area contributed by atoms with Gasteiger partial charge in [0.05, 0.1) is 0 Å². The third-order valence-corrected chi connectivity index (χ3v) is 0. The smallest absolute Gasteiger partial charge is 0.316 e. The van der Waals surface area contributed by atoms with E-state index in [9.17, 15) is 0 Å². The summed E-state index contributed by atoms with van der Waals surface area (Å²) in [7, 11) is 0. The van der Waals surface area contributed by atoms with Gasteiger partial charge in [0.15, 0.2) is 0 Å². The standard InChI is InChI=1S/Mg.Mn.H2O.Zn.2H/h;;1H2;;;. The summed E-state index contributed by atoms with van der Waals surface area (Å²) in [6.07, 6.45) is 0. The van der Waals surface area contributed by atoms with Crippen LogP contribution in [0.25, 0.3) is 0 Å². The van der Waals surface area contributed by atoms with E-state index < -0.39 is 0 Å². The molecule has 0 aliphatic rings. The van der Waals surface area contributed by atoms with Crippen LogP contribution in [-0.4, -0.2) is 28.5 Å². The molecule has 4 heteroatoms. The van der Waals surface area contributed by atoms with E-state index in [1.165, 1.54) is 0 Å². The van der Waals surface area contributed by atoms with Gasteiger partial charge in [0, 0.05) is 36.5 Å². The SMILES string of the molecule is O.[MgH2].[Mn].[Zn]. The first kappa shape index (κ1) is 39.8. The fourth-order valence-corrected chi connectivity index (χ4v) is 0. The molecule has 0 atom stereocenters. The van der Waals surface area contributed by atoms with Crippen LogP contribution in [-0.2, 0) is 36.5 Å². The van der Waals surface area contributed by atoms with Crippen LogP contribution in [0, 0.1) is 0 Å². The van der Waals surface area contributed by atoms with Crippen molar-refractivity contribution >= 4 is 23.1 Å². The van der Waals surface area contributed by atoms with Gasteiger partial charge in [-0.2, -0.15) is 0 Å². The molecule has 1 radical (unpaired) electrons. The Morgan fingerprint density at radius 2 is 1.00 bits per heavy atom. The summed E-state index contributed by atoms with van der Waals surface area (Å²) >= 11 is 0. The van der Waals surface area contributed by atoms with E-state index in [1.807, 2.05) is 0 Å². The molecule has 0 aromatic rings. The summed E-state index contributed by atoms with van der Waals surface area (Å²) in [6, 6.07) is 0. The van der Waals surface area contributed by atoms with E-state index in [0.717, 1.165) is 0 Å². The van der Waals surface area contributed by atoms with E-state index in [-0.39, 0.29) is 65.1 Å². The van der Waals surface area contributed by atoms with Crippen molar-refractivity contribution in [3.05, 3.63) is 0 Å². The first-order chi connectivity index (χ1) is 0. The Kier molecular flexibility index (Phi) is 208. The van der Waals surface area contributed by atoms with Crippen LogP contribution in [0.15, 0.2) is 0 Å². The second kappa shape index (κ2) is 20.9. The minimum atomic E-state index is 0. The summed E-state index contributed by atoms with van der Waals surface area (Å²) in [5.74, 6) is 0. The van der Waals surface area contributed by atoms with Crippen molar-refractivity contribution in [2.24, 2.45) is 0 Å². The van der Waals surface area contributed by atoms with Crippen LogP contribution in [0.5, 0.6) is 0 Å². The van der Waals surface area contributed by atoms with Crippen molar-refractivity contribution in [3.8, 4) is 0 Å². The minimum absolute atomic E-state index is 0. The van der Waals surface area contributed by atoms with E-state index in [0.29, 0.717) is 0 Å². The molecule has 0 bridgehead atoms. The molecule has 2 N–H and O–H groups in total. The average molecular weight is 165 g/mol. The zero-order valence-electron chi connectivity index (χ0n) is 1.59. The Labute approximate surface area is 64.6 Å². The molecule has 0 saturated heterocycles.